The average Bonchev–Trinajstić information content (AvgIpc) is 2.37. The summed E-state index contributed by atoms with van der Waals surface area (Å²) in [4.78, 5) is 14.5. The van der Waals surface area contributed by atoms with Gasteiger partial charge in [0.2, 0.25) is 0 Å². The summed E-state index contributed by atoms with van der Waals surface area (Å²) in [5, 5.41) is 0. The fraction of sp³-hybridized carbons (Fsp3) is 0.455. The van der Waals surface area contributed by atoms with Crippen molar-refractivity contribution < 1.29 is 36.2 Å². The van der Waals surface area contributed by atoms with Crippen molar-refractivity contribution in [3.63, 3.8) is 0 Å². The number of carbonyl (C=O) groups excluding carboxylic acids is 1. The van der Waals surface area contributed by atoms with Crippen LogP contribution in [0.5, 0.6) is 5.75 Å². The van der Waals surface area contributed by atoms with Crippen molar-refractivity contribution >= 4 is 5.97 Å². The van der Waals surface area contributed by atoms with Crippen LogP contribution in [0.15, 0.2) is 6.07 Å². The molecule has 1 rings (SSSR count). The van der Waals surface area contributed by atoms with Crippen molar-refractivity contribution in [2.75, 3.05) is 7.11 Å². The van der Waals surface area contributed by atoms with Crippen LogP contribution in [-0.4, -0.2) is 24.4 Å². The molecule has 0 saturated carbocycles. The standard InChI is InChI=1S/C11H11F5N2O3/c1-20-8(19)3-6-7(21-11(14,15)16)2-5(4-17)9(18-6)10(12)13/h2,10H,3-4,17H2,1H3. The molecule has 0 aliphatic carbocycles. The van der Waals surface area contributed by atoms with Gasteiger partial charge in [-0.05, 0) is 11.6 Å². The molecule has 0 aliphatic rings. The number of esters is 1. The number of pyridine rings is 1. The predicted molar refractivity (Wildman–Crippen MR) is 59.5 cm³/mol. The largest absolute Gasteiger partial charge is 0.573 e. The summed E-state index contributed by atoms with van der Waals surface area (Å²) in [6, 6.07) is 0.695. The van der Waals surface area contributed by atoms with Gasteiger partial charge in [-0.15, -0.1) is 13.2 Å². The van der Waals surface area contributed by atoms with Gasteiger partial charge in [0.1, 0.15) is 5.69 Å². The minimum absolute atomic E-state index is 0.308. The first kappa shape index (κ1) is 17.1. The number of nitrogens with two attached hydrogens (primary N) is 1. The number of hydrogen-bond donors (Lipinski definition) is 1. The lowest BCUT2D eigenvalue weighted by Crippen LogP contribution is -2.21. The lowest BCUT2D eigenvalue weighted by atomic mass is 10.1. The maximum absolute atomic E-state index is 12.8. The molecule has 0 atom stereocenters. The highest BCUT2D eigenvalue weighted by molar-refractivity contribution is 5.72. The molecule has 2 N–H and O–H groups in total. The number of nitrogens with zero attached hydrogens (tertiary/aromatic N) is 1. The molecule has 0 saturated heterocycles. The number of aromatic nitrogens is 1. The van der Waals surface area contributed by atoms with Crippen LogP contribution in [0.2, 0.25) is 0 Å². The molecule has 0 unspecified atom stereocenters. The van der Waals surface area contributed by atoms with E-state index >= 15 is 0 Å². The molecular weight excluding hydrogens is 303 g/mol. The van der Waals surface area contributed by atoms with Crippen molar-refractivity contribution in [2.45, 2.75) is 25.8 Å². The Kier molecular flexibility index (Phi) is 5.41. The second-order valence-electron chi connectivity index (χ2n) is 3.78. The lowest BCUT2D eigenvalue weighted by molar-refractivity contribution is -0.275. The van der Waals surface area contributed by atoms with E-state index in [0.29, 0.717) is 6.07 Å². The molecule has 21 heavy (non-hydrogen) atoms. The fourth-order valence-electron chi connectivity index (χ4n) is 1.49. The normalized spacial score (nSPS) is 11.6. The number of halogens is 5. The van der Waals surface area contributed by atoms with Crippen LogP contribution in [0.1, 0.15) is 23.4 Å². The van der Waals surface area contributed by atoms with E-state index in [1.165, 1.54) is 0 Å². The predicted octanol–water partition coefficient (Wildman–Crippen LogP) is 2.09. The van der Waals surface area contributed by atoms with E-state index < -0.39 is 48.9 Å². The van der Waals surface area contributed by atoms with Gasteiger partial charge in [0.25, 0.3) is 6.43 Å². The monoisotopic (exact) mass is 314 g/mol. The molecular formula is C11H11F5N2O3. The highest BCUT2D eigenvalue weighted by Crippen LogP contribution is 2.31. The Labute approximate surface area is 115 Å². The Balaban J connectivity index is 3.33. The van der Waals surface area contributed by atoms with Gasteiger partial charge in [0, 0.05) is 6.54 Å². The number of hydrogen-bond acceptors (Lipinski definition) is 5. The third-order valence-electron chi connectivity index (χ3n) is 2.37. The average molecular weight is 314 g/mol. The number of ether oxygens (including phenoxy) is 2. The summed E-state index contributed by atoms with van der Waals surface area (Å²) in [6.45, 7) is -0.459. The molecule has 1 aromatic heterocycles. The van der Waals surface area contributed by atoms with Crippen LogP contribution >= 0.6 is 0 Å². The van der Waals surface area contributed by atoms with Gasteiger partial charge in [0.15, 0.2) is 5.75 Å². The van der Waals surface area contributed by atoms with Gasteiger partial charge in [-0.2, -0.15) is 0 Å². The van der Waals surface area contributed by atoms with Gasteiger partial charge < -0.3 is 15.2 Å². The zero-order chi connectivity index (χ0) is 16.2. The number of carbonyl (C=O) groups is 1. The third kappa shape index (κ3) is 4.81. The molecule has 0 aliphatic heterocycles. The number of rotatable bonds is 5. The van der Waals surface area contributed by atoms with Crippen LogP contribution in [0.3, 0.4) is 0 Å². The zero-order valence-electron chi connectivity index (χ0n) is 10.7. The smallest absolute Gasteiger partial charge is 0.469 e. The van der Waals surface area contributed by atoms with Crippen LogP contribution in [-0.2, 0) is 22.5 Å². The summed E-state index contributed by atoms with van der Waals surface area (Å²) in [5.41, 5.74) is 3.48. The second-order valence-corrected chi connectivity index (χ2v) is 3.78. The highest BCUT2D eigenvalue weighted by atomic mass is 19.4. The minimum atomic E-state index is -5.06. The second kappa shape index (κ2) is 6.66. The Morgan fingerprint density at radius 1 is 1.43 bits per heavy atom. The molecule has 0 spiro atoms. The van der Waals surface area contributed by atoms with E-state index in [0.717, 1.165) is 7.11 Å². The summed E-state index contributed by atoms with van der Waals surface area (Å²) in [7, 11) is 0.995. The van der Waals surface area contributed by atoms with E-state index in [2.05, 4.69) is 14.5 Å². The molecule has 0 bridgehead atoms. The first-order chi connectivity index (χ1) is 9.67. The first-order valence-electron chi connectivity index (χ1n) is 5.51. The van der Waals surface area contributed by atoms with Crippen LogP contribution in [0.25, 0.3) is 0 Å². The number of methoxy groups -OCH3 is 1. The molecule has 0 amide bonds. The Morgan fingerprint density at radius 2 is 2.05 bits per heavy atom. The van der Waals surface area contributed by atoms with Crippen LogP contribution in [0.4, 0.5) is 22.0 Å². The van der Waals surface area contributed by atoms with Crippen molar-refractivity contribution in [1.82, 2.24) is 4.98 Å². The van der Waals surface area contributed by atoms with Gasteiger partial charge in [0.05, 0.1) is 19.2 Å². The molecule has 0 fully saturated rings. The Morgan fingerprint density at radius 3 is 2.48 bits per heavy atom. The van der Waals surface area contributed by atoms with E-state index in [1.54, 1.807) is 0 Å². The van der Waals surface area contributed by atoms with E-state index in [4.69, 9.17) is 5.73 Å². The van der Waals surface area contributed by atoms with E-state index in [-0.39, 0.29) is 5.56 Å². The van der Waals surface area contributed by atoms with E-state index in [9.17, 15) is 26.7 Å². The van der Waals surface area contributed by atoms with Gasteiger partial charge >= 0.3 is 12.3 Å². The maximum Gasteiger partial charge on any atom is 0.573 e. The summed E-state index contributed by atoms with van der Waals surface area (Å²) in [5.74, 6) is -1.81. The molecule has 1 aromatic rings. The Bertz CT molecular complexity index is 519. The van der Waals surface area contributed by atoms with Crippen LogP contribution < -0.4 is 10.5 Å². The van der Waals surface area contributed by atoms with Gasteiger partial charge in [-0.3, -0.25) is 4.79 Å². The first-order valence-corrected chi connectivity index (χ1v) is 5.51. The highest BCUT2D eigenvalue weighted by Gasteiger charge is 2.33. The zero-order valence-corrected chi connectivity index (χ0v) is 10.7. The molecule has 10 heteroatoms. The van der Waals surface area contributed by atoms with Gasteiger partial charge in [-0.1, -0.05) is 0 Å². The summed E-state index contributed by atoms with van der Waals surface area (Å²) >= 11 is 0. The summed E-state index contributed by atoms with van der Waals surface area (Å²) < 4.78 is 70.4. The van der Waals surface area contributed by atoms with Crippen molar-refractivity contribution in [3.8, 4) is 5.75 Å². The van der Waals surface area contributed by atoms with Gasteiger partial charge in [-0.25, -0.2) is 13.8 Å². The molecule has 1 heterocycles. The molecule has 0 radical (unpaired) electrons. The Hall–Kier alpha value is -1.97. The maximum atomic E-state index is 12.8. The minimum Gasteiger partial charge on any atom is -0.469 e. The quantitative estimate of drug-likeness (QED) is 0.665. The fourth-order valence-corrected chi connectivity index (χ4v) is 1.49. The van der Waals surface area contributed by atoms with E-state index in [1.807, 2.05) is 0 Å². The van der Waals surface area contributed by atoms with Crippen molar-refractivity contribution in [1.29, 1.82) is 0 Å². The SMILES string of the molecule is COC(=O)Cc1nc(C(F)F)c(CN)cc1OC(F)(F)F. The van der Waals surface area contributed by atoms with Crippen molar-refractivity contribution in [2.24, 2.45) is 5.73 Å². The van der Waals surface area contributed by atoms with Crippen LogP contribution in [0, 0.1) is 0 Å². The molecule has 5 nitrogen and oxygen atoms in total. The lowest BCUT2D eigenvalue weighted by Gasteiger charge is -2.15. The molecule has 0 aromatic carbocycles. The van der Waals surface area contributed by atoms with Crippen molar-refractivity contribution in [3.05, 3.63) is 23.0 Å². The molecule has 118 valence electrons. The number of alkyl halides is 5. The third-order valence-corrected chi connectivity index (χ3v) is 2.37. The summed E-state index contributed by atoms with van der Waals surface area (Å²) in [6.07, 6.45) is -8.86. The topological polar surface area (TPSA) is 74.4 Å².